The van der Waals surface area contributed by atoms with Gasteiger partial charge in [0, 0.05) is 51.6 Å². The summed E-state index contributed by atoms with van der Waals surface area (Å²) in [5.74, 6) is 4.22. The molecule has 0 saturated heterocycles. The monoisotopic (exact) mass is 389 g/mol. The lowest BCUT2D eigenvalue weighted by molar-refractivity contribution is -0.126. The Kier molecular flexibility index (Phi) is 15.8. The maximum atomic E-state index is 11.6. The maximum Gasteiger partial charge on any atom is 0.239 e. The van der Waals surface area contributed by atoms with Crippen molar-refractivity contribution < 1.29 is 19.2 Å². The number of Topliss-reactive ketones (excluding diaryl/α,β-unsaturated/α-hetero) is 1. The third kappa shape index (κ3) is 16.7. The van der Waals surface area contributed by atoms with Gasteiger partial charge in [0.05, 0.1) is 6.54 Å². The van der Waals surface area contributed by atoms with E-state index in [0.717, 1.165) is 25.7 Å². The summed E-state index contributed by atoms with van der Waals surface area (Å²) in [5.41, 5.74) is 0. The second kappa shape index (κ2) is 17.6. The number of nitrogens with one attached hydrogen (secondary N) is 3. The Morgan fingerprint density at radius 1 is 0.607 bits per heavy atom. The summed E-state index contributed by atoms with van der Waals surface area (Å²) < 4.78 is 0. The van der Waals surface area contributed by atoms with Crippen LogP contribution in [0.15, 0.2) is 0 Å². The summed E-state index contributed by atoms with van der Waals surface area (Å²) in [4.78, 5) is 45.9. The van der Waals surface area contributed by atoms with Gasteiger partial charge in [0.15, 0.2) is 0 Å². The Hall–Kier alpha value is -2.80. The van der Waals surface area contributed by atoms with Crippen molar-refractivity contribution in [3.8, 4) is 24.7 Å². The molecule has 0 aromatic rings. The highest BCUT2D eigenvalue weighted by atomic mass is 16.2. The first kappa shape index (κ1) is 25.2. The van der Waals surface area contributed by atoms with E-state index in [1.54, 1.807) is 0 Å². The molecule has 0 aromatic carbocycles. The van der Waals surface area contributed by atoms with Gasteiger partial charge >= 0.3 is 0 Å². The molecule has 0 unspecified atom stereocenters. The van der Waals surface area contributed by atoms with E-state index in [2.05, 4.69) is 27.8 Å². The van der Waals surface area contributed by atoms with Gasteiger partial charge in [0.25, 0.3) is 0 Å². The highest BCUT2D eigenvalue weighted by Gasteiger charge is 2.06. The van der Waals surface area contributed by atoms with Crippen LogP contribution in [0.2, 0.25) is 0 Å². The van der Waals surface area contributed by atoms with E-state index in [1.165, 1.54) is 0 Å². The summed E-state index contributed by atoms with van der Waals surface area (Å²) in [7, 11) is 0. The van der Waals surface area contributed by atoms with Gasteiger partial charge in [0.2, 0.25) is 17.7 Å². The molecule has 0 bridgehead atoms. The van der Waals surface area contributed by atoms with Gasteiger partial charge in [-0.15, -0.1) is 24.7 Å². The SMILES string of the molecule is C#CCCC(=O)CCC(=O)NCCCCCCNC(=O)CNC(=O)CCC#C. The Bertz CT molecular complexity index is 535. The van der Waals surface area contributed by atoms with Gasteiger partial charge in [-0.25, -0.2) is 0 Å². The van der Waals surface area contributed by atoms with Crippen LogP contribution in [0.4, 0.5) is 0 Å². The van der Waals surface area contributed by atoms with Crippen molar-refractivity contribution in [3.05, 3.63) is 0 Å². The zero-order chi connectivity index (χ0) is 21.0. The molecule has 0 fully saturated rings. The lowest BCUT2D eigenvalue weighted by atomic mass is 10.1. The second-order valence-electron chi connectivity index (χ2n) is 6.34. The maximum absolute atomic E-state index is 11.6. The topological polar surface area (TPSA) is 104 Å². The van der Waals surface area contributed by atoms with Crippen molar-refractivity contribution in [2.45, 2.75) is 64.2 Å². The molecule has 3 amide bonds. The highest BCUT2D eigenvalue weighted by Crippen LogP contribution is 2.00. The fourth-order valence-corrected chi connectivity index (χ4v) is 2.25. The quantitative estimate of drug-likeness (QED) is 0.271. The minimum absolute atomic E-state index is 0.0160. The Balaban J connectivity index is 3.47. The Morgan fingerprint density at radius 2 is 1.14 bits per heavy atom. The molecule has 0 heterocycles. The molecular formula is C21H31N3O4. The van der Waals surface area contributed by atoms with Crippen LogP contribution in [-0.4, -0.2) is 43.1 Å². The summed E-state index contributed by atoms with van der Waals surface area (Å²) in [6, 6.07) is 0. The molecule has 0 saturated carbocycles. The average Bonchev–Trinajstić information content (AvgIpc) is 2.69. The largest absolute Gasteiger partial charge is 0.356 e. The van der Waals surface area contributed by atoms with Crippen molar-refractivity contribution in [2.75, 3.05) is 19.6 Å². The molecule has 0 aliphatic carbocycles. The number of hydrogen-bond acceptors (Lipinski definition) is 4. The van der Waals surface area contributed by atoms with Gasteiger partial charge < -0.3 is 16.0 Å². The number of unbranched alkanes of at least 4 members (excludes halogenated alkanes) is 3. The number of ketones is 1. The molecule has 0 spiro atoms. The predicted molar refractivity (Wildman–Crippen MR) is 108 cm³/mol. The van der Waals surface area contributed by atoms with E-state index < -0.39 is 0 Å². The first-order valence-electron chi connectivity index (χ1n) is 9.68. The fraction of sp³-hybridized carbons (Fsp3) is 0.619. The van der Waals surface area contributed by atoms with Gasteiger partial charge in [-0.3, -0.25) is 19.2 Å². The van der Waals surface area contributed by atoms with E-state index in [9.17, 15) is 19.2 Å². The smallest absolute Gasteiger partial charge is 0.239 e. The molecule has 0 rings (SSSR count). The number of hydrogen-bond donors (Lipinski definition) is 3. The molecule has 154 valence electrons. The minimum atomic E-state index is -0.230. The average molecular weight is 389 g/mol. The molecule has 7 nitrogen and oxygen atoms in total. The van der Waals surface area contributed by atoms with Crippen LogP contribution in [0.1, 0.15) is 64.2 Å². The van der Waals surface area contributed by atoms with Crippen molar-refractivity contribution in [3.63, 3.8) is 0 Å². The molecule has 0 aromatic heterocycles. The van der Waals surface area contributed by atoms with E-state index >= 15 is 0 Å². The number of amides is 3. The third-order valence-electron chi connectivity index (χ3n) is 3.87. The van der Waals surface area contributed by atoms with E-state index in [1.807, 2.05) is 0 Å². The summed E-state index contributed by atoms with van der Waals surface area (Å²) >= 11 is 0. The number of rotatable bonds is 16. The van der Waals surface area contributed by atoms with Gasteiger partial charge in [0.1, 0.15) is 5.78 Å². The second-order valence-corrected chi connectivity index (χ2v) is 6.34. The Morgan fingerprint density at radius 3 is 1.75 bits per heavy atom. The molecule has 0 aliphatic rings. The molecule has 7 heteroatoms. The highest BCUT2D eigenvalue weighted by molar-refractivity contribution is 5.85. The summed E-state index contributed by atoms with van der Waals surface area (Å²) in [6.07, 6.45) is 15.5. The van der Waals surface area contributed by atoms with Crippen LogP contribution in [0, 0.1) is 24.7 Å². The third-order valence-corrected chi connectivity index (χ3v) is 3.87. The zero-order valence-corrected chi connectivity index (χ0v) is 16.5. The van der Waals surface area contributed by atoms with Crippen molar-refractivity contribution in [1.82, 2.24) is 16.0 Å². The van der Waals surface area contributed by atoms with Crippen molar-refractivity contribution in [1.29, 1.82) is 0 Å². The van der Waals surface area contributed by atoms with E-state index in [0.29, 0.717) is 32.4 Å². The lowest BCUT2D eigenvalue weighted by Crippen LogP contribution is -2.37. The van der Waals surface area contributed by atoms with Crippen LogP contribution in [0.25, 0.3) is 0 Å². The molecule has 0 aliphatic heterocycles. The van der Waals surface area contributed by atoms with Gasteiger partial charge in [-0.1, -0.05) is 12.8 Å². The number of terminal acetylenes is 2. The predicted octanol–water partition coefficient (Wildman–Crippen LogP) is 1.07. The van der Waals surface area contributed by atoms with Crippen LogP contribution < -0.4 is 16.0 Å². The molecular weight excluding hydrogens is 358 g/mol. The van der Waals surface area contributed by atoms with Gasteiger partial charge in [-0.05, 0) is 12.8 Å². The zero-order valence-electron chi connectivity index (χ0n) is 16.5. The molecule has 3 N–H and O–H groups in total. The first-order valence-corrected chi connectivity index (χ1v) is 9.68. The lowest BCUT2D eigenvalue weighted by Gasteiger charge is -2.07. The van der Waals surface area contributed by atoms with Crippen LogP contribution in [0.3, 0.4) is 0 Å². The normalized spacial score (nSPS) is 9.64. The van der Waals surface area contributed by atoms with E-state index in [-0.39, 0.29) is 49.3 Å². The van der Waals surface area contributed by atoms with E-state index in [4.69, 9.17) is 12.8 Å². The van der Waals surface area contributed by atoms with Crippen molar-refractivity contribution >= 4 is 23.5 Å². The van der Waals surface area contributed by atoms with Crippen LogP contribution >= 0.6 is 0 Å². The number of carbonyl (C=O) groups is 4. The fourth-order valence-electron chi connectivity index (χ4n) is 2.25. The summed E-state index contributed by atoms with van der Waals surface area (Å²) in [5, 5.41) is 8.04. The molecule has 0 atom stereocenters. The van der Waals surface area contributed by atoms with Crippen LogP contribution in [-0.2, 0) is 19.2 Å². The Labute approximate surface area is 167 Å². The molecule has 28 heavy (non-hydrogen) atoms. The van der Waals surface area contributed by atoms with Crippen LogP contribution in [0.5, 0.6) is 0 Å². The number of carbonyl (C=O) groups excluding carboxylic acids is 4. The first-order chi connectivity index (χ1) is 13.5. The minimum Gasteiger partial charge on any atom is -0.356 e. The summed E-state index contributed by atoms with van der Waals surface area (Å²) in [6.45, 7) is 1.08. The van der Waals surface area contributed by atoms with Gasteiger partial charge in [-0.2, -0.15) is 0 Å². The standard InChI is InChI=1S/C21H31N3O4/c1-3-5-11-18(25)13-14-20(27)22-15-9-7-8-10-16-23-21(28)17-24-19(26)12-6-4-2/h1-2H,5-17H2,(H,22,27)(H,23,28)(H,24,26). The molecule has 0 radical (unpaired) electrons. The van der Waals surface area contributed by atoms with Crippen molar-refractivity contribution in [2.24, 2.45) is 0 Å².